The van der Waals surface area contributed by atoms with Crippen LogP contribution in [0.15, 0.2) is 23.0 Å². The molecule has 7 heteroatoms. The normalized spacial score (nSPS) is 18.2. The topological polar surface area (TPSA) is 55.2 Å². The van der Waals surface area contributed by atoms with E-state index in [4.69, 9.17) is 11.6 Å². The van der Waals surface area contributed by atoms with Gasteiger partial charge in [0.2, 0.25) is 5.03 Å². The second-order valence-corrected chi connectivity index (χ2v) is 6.34. The van der Waals surface area contributed by atoms with Crippen LogP contribution in [0.3, 0.4) is 0 Å². The highest BCUT2D eigenvalue weighted by atomic mass is 35.5. The molecule has 0 spiro atoms. The van der Waals surface area contributed by atoms with Gasteiger partial charge in [-0.05, 0) is 13.3 Å². The molecule has 2 rings (SSSR count). The number of aromatic nitrogens is 2. The highest BCUT2D eigenvalue weighted by molar-refractivity contribution is 7.89. The van der Waals surface area contributed by atoms with E-state index in [1.54, 1.807) is 7.05 Å². The van der Waals surface area contributed by atoms with Crippen molar-refractivity contribution in [2.24, 2.45) is 7.05 Å². The Morgan fingerprint density at radius 1 is 1.47 bits per heavy atom. The van der Waals surface area contributed by atoms with E-state index in [0.717, 1.165) is 12.0 Å². The zero-order valence-corrected chi connectivity index (χ0v) is 11.3. The van der Waals surface area contributed by atoms with E-state index < -0.39 is 10.0 Å². The third kappa shape index (κ3) is 2.25. The summed E-state index contributed by atoms with van der Waals surface area (Å²) in [5, 5.41) is 0.0913. The summed E-state index contributed by atoms with van der Waals surface area (Å²) < 4.78 is 27.5. The van der Waals surface area contributed by atoms with Crippen molar-refractivity contribution >= 4 is 21.6 Å². The van der Waals surface area contributed by atoms with Crippen LogP contribution in [0.4, 0.5) is 0 Å². The lowest BCUT2D eigenvalue weighted by Gasteiger charge is -2.24. The van der Waals surface area contributed by atoms with E-state index in [1.807, 2.05) is 13.0 Å². The second kappa shape index (κ2) is 4.44. The molecule has 0 radical (unpaired) electrons. The number of hydrogen-bond acceptors (Lipinski definition) is 3. The van der Waals surface area contributed by atoms with Crippen LogP contribution in [0.1, 0.15) is 13.3 Å². The minimum atomic E-state index is -3.58. The molecule has 0 aliphatic carbocycles. The standard InChI is InChI=1S/C10H14ClN3O2S/c1-8-4-3-5-14(6-8)17(15,16)10-9(11)13(2)7-12-10/h4,7H,3,5-6H2,1-2H3. The third-order valence-electron chi connectivity index (χ3n) is 2.72. The van der Waals surface area contributed by atoms with E-state index in [-0.39, 0.29) is 10.2 Å². The number of halogens is 1. The van der Waals surface area contributed by atoms with Crippen molar-refractivity contribution in [1.29, 1.82) is 0 Å². The van der Waals surface area contributed by atoms with E-state index in [2.05, 4.69) is 4.98 Å². The van der Waals surface area contributed by atoms with Crippen LogP contribution in [0, 0.1) is 0 Å². The minimum absolute atomic E-state index is 0.0589. The molecule has 94 valence electrons. The van der Waals surface area contributed by atoms with Gasteiger partial charge in [0.25, 0.3) is 10.0 Å². The van der Waals surface area contributed by atoms with Crippen molar-refractivity contribution < 1.29 is 8.42 Å². The van der Waals surface area contributed by atoms with Crippen molar-refractivity contribution in [3.63, 3.8) is 0 Å². The maximum Gasteiger partial charge on any atom is 0.263 e. The fourth-order valence-corrected chi connectivity index (χ4v) is 3.66. The van der Waals surface area contributed by atoms with Gasteiger partial charge in [0.1, 0.15) is 5.15 Å². The average molecular weight is 276 g/mol. The summed E-state index contributed by atoms with van der Waals surface area (Å²) in [6.45, 7) is 2.81. The average Bonchev–Trinajstić information content (AvgIpc) is 2.60. The fourth-order valence-electron chi connectivity index (χ4n) is 1.77. The van der Waals surface area contributed by atoms with Gasteiger partial charge in [0.05, 0.1) is 6.33 Å². The molecule has 0 amide bonds. The highest BCUT2D eigenvalue weighted by Crippen LogP contribution is 2.24. The summed E-state index contributed by atoms with van der Waals surface area (Å²) in [6.07, 6.45) is 4.18. The Bertz CT molecular complexity index is 562. The largest absolute Gasteiger partial charge is 0.324 e. The molecule has 1 aliphatic heterocycles. The first-order valence-electron chi connectivity index (χ1n) is 5.25. The van der Waals surface area contributed by atoms with Crippen molar-refractivity contribution in [3.05, 3.63) is 23.1 Å². The molecule has 1 aliphatic rings. The van der Waals surface area contributed by atoms with Crippen molar-refractivity contribution in [2.75, 3.05) is 13.1 Å². The van der Waals surface area contributed by atoms with E-state index >= 15 is 0 Å². The third-order valence-corrected chi connectivity index (χ3v) is 5.05. The molecule has 0 bridgehead atoms. The van der Waals surface area contributed by atoms with Crippen LogP contribution >= 0.6 is 11.6 Å². The molecule has 5 nitrogen and oxygen atoms in total. The summed E-state index contributed by atoms with van der Waals surface area (Å²) in [6, 6.07) is 0. The first kappa shape index (κ1) is 12.6. The van der Waals surface area contributed by atoms with Gasteiger partial charge in [-0.15, -0.1) is 0 Å². The molecule has 1 aromatic heterocycles. The van der Waals surface area contributed by atoms with Gasteiger partial charge in [0.15, 0.2) is 0 Å². The van der Waals surface area contributed by atoms with Gasteiger partial charge in [-0.3, -0.25) is 0 Å². The predicted molar refractivity (Wildman–Crippen MR) is 65.4 cm³/mol. The van der Waals surface area contributed by atoms with Gasteiger partial charge < -0.3 is 4.57 Å². The molecule has 0 unspecified atom stereocenters. The van der Waals surface area contributed by atoms with Gasteiger partial charge >= 0.3 is 0 Å². The zero-order chi connectivity index (χ0) is 12.6. The summed E-state index contributed by atoms with van der Waals surface area (Å²) in [5.41, 5.74) is 1.05. The van der Waals surface area contributed by atoms with Gasteiger partial charge in [-0.2, -0.15) is 4.31 Å². The van der Waals surface area contributed by atoms with E-state index in [0.29, 0.717) is 13.1 Å². The SMILES string of the molecule is CC1=CCCN(S(=O)(=O)c2ncn(C)c2Cl)C1. The monoisotopic (exact) mass is 275 g/mol. The minimum Gasteiger partial charge on any atom is -0.324 e. The highest BCUT2D eigenvalue weighted by Gasteiger charge is 2.30. The molecular weight excluding hydrogens is 262 g/mol. The van der Waals surface area contributed by atoms with Crippen LogP contribution in [0.2, 0.25) is 5.15 Å². The van der Waals surface area contributed by atoms with Crippen LogP contribution in [0.5, 0.6) is 0 Å². The number of hydrogen-bond donors (Lipinski definition) is 0. The summed E-state index contributed by atoms with van der Waals surface area (Å²) in [5.74, 6) is 0. The van der Waals surface area contributed by atoms with Crippen LogP contribution in [-0.2, 0) is 17.1 Å². The smallest absolute Gasteiger partial charge is 0.263 e. The van der Waals surface area contributed by atoms with Gasteiger partial charge in [0, 0.05) is 20.1 Å². The molecule has 0 saturated heterocycles. The zero-order valence-electron chi connectivity index (χ0n) is 9.72. The molecule has 0 N–H and O–H groups in total. The number of nitrogens with zero attached hydrogens (tertiary/aromatic N) is 3. The molecule has 17 heavy (non-hydrogen) atoms. The van der Waals surface area contributed by atoms with Crippen molar-refractivity contribution in [2.45, 2.75) is 18.4 Å². The van der Waals surface area contributed by atoms with Crippen molar-refractivity contribution in [3.8, 4) is 0 Å². The number of aryl methyl sites for hydroxylation is 1. The molecule has 0 saturated carbocycles. The molecular formula is C10H14ClN3O2S. The molecule has 1 aromatic rings. The molecule has 0 fully saturated rings. The van der Waals surface area contributed by atoms with Crippen LogP contribution in [-0.4, -0.2) is 35.4 Å². The predicted octanol–water partition coefficient (Wildman–Crippen LogP) is 1.41. The Labute approximate surface area is 106 Å². The van der Waals surface area contributed by atoms with E-state index in [1.165, 1.54) is 15.2 Å². The quantitative estimate of drug-likeness (QED) is 0.767. The van der Waals surface area contributed by atoms with E-state index in [9.17, 15) is 8.42 Å². The first-order valence-corrected chi connectivity index (χ1v) is 7.07. The number of rotatable bonds is 2. The Morgan fingerprint density at radius 3 is 2.71 bits per heavy atom. The second-order valence-electron chi connectivity index (χ2n) is 4.13. The molecule has 0 atom stereocenters. The number of imidazole rings is 1. The fraction of sp³-hybridized carbons (Fsp3) is 0.500. The lowest BCUT2D eigenvalue weighted by Crippen LogP contribution is -2.35. The van der Waals surface area contributed by atoms with Crippen LogP contribution in [0.25, 0.3) is 0 Å². The lowest BCUT2D eigenvalue weighted by molar-refractivity contribution is 0.426. The summed E-state index contributed by atoms with van der Waals surface area (Å²) in [4.78, 5) is 3.87. The summed E-state index contributed by atoms with van der Waals surface area (Å²) >= 11 is 5.93. The maximum absolute atomic E-state index is 12.3. The van der Waals surface area contributed by atoms with Gasteiger partial charge in [-0.1, -0.05) is 23.3 Å². The first-order chi connectivity index (χ1) is 7.93. The Hall–Kier alpha value is -0.850. The number of sulfonamides is 1. The molecule has 0 aromatic carbocycles. The van der Waals surface area contributed by atoms with Crippen molar-refractivity contribution in [1.82, 2.24) is 13.9 Å². The van der Waals surface area contributed by atoms with Gasteiger partial charge in [-0.25, -0.2) is 13.4 Å². The summed E-state index contributed by atoms with van der Waals surface area (Å²) in [7, 11) is -1.91. The Kier molecular flexibility index (Phi) is 3.29. The maximum atomic E-state index is 12.3. The van der Waals surface area contributed by atoms with Crippen LogP contribution < -0.4 is 0 Å². The Balaban J connectivity index is 2.37. The Morgan fingerprint density at radius 2 is 2.18 bits per heavy atom. The molecule has 2 heterocycles. The lowest BCUT2D eigenvalue weighted by atomic mass is 10.2.